The first-order chi connectivity index (χ1) is 12.2. The zero-order chi connectivity index (χ0) is 17.5. The minimum absolute atomic E-state index is 0.0218. The number of piperidine rings is 1. The maximum atomic E-state index is 12.2. The van der Waals surface area contributed by atoms with E-state index in [-0.39, 0.29) is 18.6 Å². The Morgan fingerprint density at radius 2 is 1.96 bits per heavy atom. The third-order valence-electron chi connectivity index (χ3n) is 4.59. The van der Waals surface area contributed by atoms with E-state index >= 15 is 0 Å². The summed E-state index contributed by atoms with van der Waals surface area (Å²) >= 11 is 0. The molecular formula is C20H26N2O3. The number of amides is 1. The van der Waals surface area contributed by atoms with Crippen molar-refractivity contribution in [1.82, 2.24) is 10.2 Å². The van der Waals surface area contributed by atoms with Crippen molar-refractivity contribution in [3.8, 4) is 5.75 Å². The summed E-state index contributed by atoms with van der Waals surface area (Å²) in [6.07, 6.45) is 5.36. The van der Waals surface area contributed by atoms with Gasteiger partial charge >= 0.3 is 0 Å². The third-order valence-corrected chi connectivity index (χ3v) is 4.59. The second kappa shape index (κ2) is 8.72. The first kappa shape index (κ1) is 17.5. The Morgan fingerprint density at radius 1 is 1.20 bits per heavy atom. The maximum Gasteiger partial charge on any atom is 0.258 e. The van der Waals surface area contributed by atoms with Crippen LogP contribution in [0.3, 0.4) is 0 Å². The quantitative estimate of drug-likeness (QED) is 0.839. The number of hydrogen-bond acceptors (Lipinski definition) is 4. The average molecular weight is 342 g/mol. The topological polar surface area (TPSA) is 54.7 Å². The highest BCUT2D eigenvalue weighted by atomic mass is 16.5. The highest BCUT2D eigenvalue weighted by Crippen LogP contribution is 2.24. The molecule has 1 amide bonds. The van der Waals surface area contributed by atoms with Crippen LogP contribution in [0.1, 0.15) is 36.6 Å². The van der Waals surface area contributed by atoms with E-state index in [0.29, 0.717) is 12.3 Å². The van der Waals surface area contributed by atoms with Gasteiger partial charge in [0.2, 0.25) is 0 Å². The molecule has 1 atom stereocenters. The number of furan rings is 1. The van der Waals surface area contributed by atoms with Gasteiger partial charge in [-0.25, -0.2) is 0 Å². The van der Waals surface area contributed by atoms with Gasteiger partial charge in [0.1, 0.15) is 11.5 Å². The number of carbonyl (C=O) groups excluding carboxylic acids is 1. The van der Waals surface area contributed by atoms with Gasteiger partial charge in [-0.1, -0.05) is 24.1 Å². The molecule has 1 aromatic carbocycles. The molecule has 134 valence electrons. The molecule has 0 radical (unpaired) electrons. The van der Waals surface area contributed by atoms with E-state index in [1.165, 1.54) is 24.8 Å². The molecule has 0 unspecified atom stereocenters. The lowest BCUT2D eigenvalue weighted by molar-refractivity contribution is -0.123. The minimum atomic E-state index is -0.117. The number of nitrogens with zero attached hydrogens (tertiary/aromatic N) is 1. The molecule has 1 N–H and O–H groups in total. The molecule has 25 heavy (non-hydrogen) atoms. The summed E-state index contributed by atoms with van der Waals surface area (Å²) in [6, 6.07) is 11.7. The largest absolute Gasteiger partial charge is 0.484 e. The molecule has 1 fully saturated rings. The fraction of sp³-hybridized carbons (Fsp3) is 0.450. The van der Waals surface area contributed by atoms with Crippen molar-refractivity contribution < 1.29 is 13.9 Å². The van der Waals surface area contributed by atoms with E-state index in [1.54, 1.807) is 6.26 Å². The normalized spacial score (nSPS) is 16.4. The Labute approximate surface area is 149 Å². The van der Waals surface area contributed by atoms with Crippen LogP contribution in [0.5, 0.6) is 5.75 Å². The monoisotopic (exact) mass is 342 g/mol. The number of aryl methyl sites for hydroxylation is 1. The van der Waals surface area contributed by atoms with Gasteiger partial charge in [-0.15, -0.1) is 0 Å². The maximum absolute atomic E-state index is 12.2. The molecule has 5 heteroatoms. The number of likely N-dealkylation sites (tertiary alicyclic amines) is 1. The molecule has 1 aliphatic rings. The predicted octanol–water partition coefficient (Wildman–Crippen LogP) is 3.31. The van der Waals surface area contributed by atoms with E-state index in [4.69, 9.17) is 9.15 Å². The van der Waals surface area contributed by atoms with Gasteiger partial charge in [0.25, 0.3) is 5.91 Å². The zero-order valence-corrected chi connectivity index (χ0v) is 14.7. The number of carbonyl (C=O) groups is 1. The summed E-state index contributed by atoms with van der Waals surface area (Å²) < 4.78 is 11.1. The summed E-state index contributed by atoms with van der Waals surface area (Å²) in [6.45, 7) is 4.66. The average Bonchev–Trinajstić information content (AvgIpc) is 3.17. The molecule has 1 aromatic heterocycles. The van der Waals surface area contributed by atoms with Gasteiger partial charge in [0.15, 0.2) is 6.61 Å². The van der Waals surface area contributed by atoms with Crippen LogP contribution in [-0.4, -0.2) is 37.0 Å². The highest BCUT2D eigenvalue weighted by molar-refractivity contribution is 5.77. The second-order valence-electron chi connectivity index (χ2n) is 6.53. The molecule has 3 rings (SSSR count). The van der Waals surface area contributed by atoms with Gasteiger partial charge in [-0.3, -0.25) is 9.69 Å². The number of benzene rings is 1. The van der Waals surface area contributed by atoms with Crippen molar-refractivity contribution in [3.63, 3.8) is 0 Å². The van der Waals surface area contributed by atoms with Crippen LogP contribution >= 0.6 is 0 Å². The van der Waals surface area contributed by atoms with E-state index in [9.17, 15) is 4.79 Å². The van der Waals surface area contributed by atoms with E-state index in [2.05, 4.69) is 10.2 Å². The first-order valence-corrected chi connectivity index (χ1v) is 8.96. The van der Waals surface area contributed by atoms with Crippen LogP contribution in [0.15, 0.2) is 47.1 Å². The molecule has 1 saturated heterocycles. The number of rotatable bonds is 7. The Hall–Kier alpha value is -2.27. The standard InChI is InChI=1S/C20H26N2O3/c1-16-7-9-17(10-8-16)25-15-20(23)21-14-18(19-6-5-13-24-19)22-11-3-2-4-12-22/h5-10,13,18H,2-4,11-12,14-15H2,1H3,(H,21,23)/t18-/m1/s1. The van der Waals surface area contributed by atoms with Gasteiger partial charge < -0.3 is 14.5 Å². The summed E-state index contributed by atoms with van der Waals surface area (Å²) in [7, 11) is 0. The van der Waals surface area contributed by atoms with Crippen LogP contribution in [0.25, 0.3) is 0 Å². The Balaban J connectivity index is 1.51. The molecule has 2 aromatic rings. The number of ether oxygens (including phenoxy) is 1. The summed E-state index contributed by atoms with van der Waals surface area (Å²) in [5.41, 5.74) is 1.17. The molecule has 0 bridgehead atoms. The van der Waals surface area contributed by atoms with Crippen molar-refractivity contribution in [1.29, 1.82) is 0 Å². The zero-order valence-electron chi connectivity index (χ0n) is 14.7. The lowest BCUT2D eigenvalue weighted by atomic mass is 10.1. The lowest BCUT2D eigenvalue weighted by Gasteiger charge is -2.33. The summed E-state index contributed by atoms with van der Waals surface area (Å²) in [5, 5.41) is 2.98. The SMILES string of the molecule is Cc1ccc(OCC(=O)NC[C@H](c2ccco2)N2CCCCC2)cc1. The van der Waals surface area contributed by atoms with Crippen LogP contribution in [0, 0.1) is 6.92 Å². The third kappa shape index (κ3) is 5.10. The molecule has 5 nitrogen and oxygen atoms in total. The van der Waals surface area contributed by atoms with Gasteiger partial charge in [0, 0.05) is 6.54 Å². The Kier molecular flexibility index (Phi) is 6.12. The van der Waals surface area contributed by atoms with Crippen molar-refractivity contribution in [3.05, 3.63) is 54.0 Å². The van der Waals surface area contributed by atoms with Crippen molar-refractivity contribution in [2.45, 2.75) is 32.2 Å². The fourth-order valence-electron chi connectivity index (χ4n) is 3.17. The van der Waals surface area contributed by atoms with Gasteiger partial charge in [-0.05, 0) is 57.1 Å². The van der Waals surface area contributed by atoms with Gasteiger partial charge in [-0.2, -0.15) is 0 Å². The fourth-order valence-corrected chi connectivity index (χ4v) is 3.17. The van der Waals surface area contributed by atoms with Gasteiger partial charge in [0.05, 0.1) is 12.3 Å². The van der Waals surface area contributed by atoms with Crippen LogP contribution in [-0.2, 0) is 4.79 Å². The van der Waals surface area contributed by atoms with Crippen LogP contribution in [0.4, 0.5) is 0 Å². The Morgan fingerprint density at radius 3 is 2.64 bits per heavy atom. The molecule has 0 spiro atoms. The van der Waals surface area contributed by atoms with Crippen LogP contribution < -0.4 is 10.1 Å². The van der Waals surface area contributed by atoms with Crippen molar-refractivity contribution in [2.75, 3.05) is 26.2 Å². The predicted molar refractivity (Wildman–Crippen MR) is 96.6 cm³/mol. The number of nitrogens with one attached hydrogen (secondary N) is 1. The van der Waals surface area contributed by atoms with Crippen molar-refractivity contribution in [2.24, 2.45) is 0 Å². The summed E-state index contributed by atoms with van der Waals surface area (Å²) in [4.78, 5) is 14.5. The number of hydrogen-bond donors (Lipinski definition) is 1. The molecule has 1 aliphatic heterocycles. The second-order valence-corrected chi connectivity index (χ2v) is 6.53. The summed E-state index contributed by atoms with van der Waals surface area (Å²) in [5.74, 6) is 1.50. The molecule has 0 saturated carbocycles. The molecular weight excluding hydrogens is 316 g/mol. The first-order valence-electron chi connectivity index (χ1n) is 8.96. The van der Waals surface area contributed by atoms with E-state index in [1.807, 2.05) is 43.3 Å². The molecule has 0 aliphatic carbocycles. The van der Waals surface area contributed by atoms with E-state index in [0.717, 1.165) is 18.8 Å². The minimum Gasteiger partial charge on any atom is -0.484 e. The smallest absolute Gasteiger partial charge is 0.258 e. The van der Waals surface area contributed by atoms with Crippen molar-refractivity contribution >= 4 is 5.91 Å². The van der Waals surface area contributed by atoms with E-state index < -0.39 is 0 Å². The van der Waals surface area contributed by atoms with Crippen LogP contribution in [0.2, 0.25) is 0 Å². The Bertz CT molecular complexity index is 646. The molecule has 2 heterocycles. The lowest BCUT2D eigenvalue weighted by Crippen LogP contribution is -2.41. The highest BCUT2D eigenvalue weighted by Gasteiger charge is 2.24.